The zero-order chi connectivity index (χ0) is 30.3. The van der Waals surface area contributed by atoms with E-state index in [1.807, 2.05) is 24.8 Å². The number of aromatic nitrogens is 1. The van der Waals surface area contributed by atoms with Crippen LogP contribution in [0.5, 0.6) is 5.75 Å². The first-order valence-corrected chi connectivity index (χ1v) is 16.3. The second kappa shape index (κ2) is 11.1. The van der Waals surface area contributed by atoms with Crippen LogP contribution < -0.4 is 19.7 Å². The number of aryl methyl sites for hydroxylation is 1. The number of benzene rings is 1. The molecule has 2 N–H and O–H groups in total. The maximum absolute atomic E-state index is 13.4. The van der Waals surface area contributed by atoms with Crippen molar-refractivity contribution in [2.75, 3.05) is 18.0 Å². The molecule has 11 heteroatoms. The second-order valence-electron chi connectivity index (χ2n) is 13.3. The van der Waals surface area contributed by atoms with Gasteiger partial charge >= 0.3 is 6.09 Å². The summed E-state index contributed by atoms with van der Waals surface area (Å²) >= 11 is 0. The molecule has 1 aromatic carbocycles. The number of sulfonamides is 1. The number of amides is 2. The van der Waals surface area contributed by atoms with E-state index in [1.165, 1.54) is 25.3 Å². The number of carbonyl (C=O) groups is 2. The highest BCUT2D eigenvalue weighted by Gasteiger charge is 2.54. The van der Waals surface area contributed by atoms with Crippen LogP contribution in [0.15, 0.2) is 41.4 Å². The zero-order valence-corrected chi connectivity index (χ0v) is 26.0. The Morgan fingerprint density at radius 1 is 1.05 bits per heavy atom. The molecule has 0 radical (unpaired) electrons. The van der Waals surface area contributed by atoms with Crippen LogP contribution in [0.3, 0.4) is 0 Å². The molecular formula is C31H42N4O6S. The molecule has 1 aliphatic heterocycles. The Kier molecular flexibility index (Phi) is 7.93. The standard InChI is InChI=1S/C31H42N4O6S/c1-21-14-15-23(22-10-7-6-8-11-22)24(18-21)40-31(16-17-31)27(36)34-42(38,39)26-13-9-12-25(32-26)35-19-30(5,20-35)33-28(37)41-29(2,3)4/h9,12-15,18,22H,6-8,10-11,16-17,19-20H2,1-5H3,(H,33,37)(H,34,36). The fourth-order valence-corrected chi connectivity index (χ4v) is 6.77. The summed E-state index contributed by atoms with van der Waals surface area (Å²) in [5, 5.41) is 2.62. The molecule has 2 aliphatic carbocycles. The van der Waals surface area contributed by atoms with E-state index in [4.69, 9.17) is 9.47 Å². The number of alkyl carbamates (subject to hydrolysis) is 1. The lowest BCUT2D eigenvalue weighted by Gasteiger charge is -2.48. The van der Waals surface area contributed by atoms with E-state index < -0.39 is 38.8 Å². The van der Waals surface area contributed by atoms with E-state index in [9.17, 15) is 18.0 Å². The summed E-state index contributed by atoms with van der Waals surface area (Å²) in [5.41, 5.74) is -0.249. The van der Waals surface area contributed by atoms with E-state index >= 15 is 0 Å². The molecule has 10 nitrogen and oxygen atoms in total. The van der Waals surface area contributed by atoms with Gasteiger partial charge in [0.15, 0.2) is 10.6 Å². The molecule has 0 atom stereocenters. The lowest BCUT2D eigenvalue weighted by Crippen LogP contribution is -2.69. The van der Waals surface area contributed by atoms with Crippen LogP contribution in [0, 0.1) is 6.92 Å². The van der Waals surface area contributed by atoms with Crippen molar-refractivity contribution in [3.05, 3.63) is 47.5 Å². The normalized spacial score (nSPS) is 19.8. The van der Waals surface area contributed by atoms with Crippen LogP contribution in [-0.4, -0.2) is 55.2 Å². The Morgan fingerprint density at radius 2 is 1.74 bits per heavy atom. The molecule has 228 valence electrons. The van der Waals surface area contributed by atoms with Crippen molar-refractivity contribution in [1.82, 2.24) is 15.0 Å². The Balaban J connectivity index is 1.24. The van der Waals surface area contributed by atoms with Gasteiger partial charge in [-0.2, -0.15) is 8.42 Å². The van der Waals surface area contributed by atoms with Gasteiger partial charge in [0.2, 0.25) is 0 Å². The van der Waals surface area contributed by atoms with Gasteiger partial charge in [-0.1, -0.05) is 37.5 Å². The number of anilines is 1. The van der Waals surface area contributed by atoms with Gasteiger partial charge in [0, 0.05) is 25.9 Å². The third-order valence-electron chi connectivity index (χ3n) is 8.05. The molecule has 3 aliphatic rings. The Morgan fingerprint density at radius 3 is 2.38 bits per heavy atom. The van der Waals surface area contributed by atoms with Crippen LogP contribution in [0.2, 0.25) is 0 Å². The van der Waals surface area contributed by atoms with E-state index in [0.717, 1.165) is 24.0 Å². The molecule has 0 spiro atoms. The van der Waals surface area contributed by atoms with Crippen molar-refractivity contribution < 1.29 is 27.5 Å². The number of nitrogens with zero attached hydrogens (tertiary/aromatic N) is 2. The minimum absolute atomic E-state index is 0.253. The Hall–Kier alpha value is -3.34. The lowest BCUT2D eigenvalue weighted by molar-refractivity contribution is -0.128. The van der Waals surface area contributed by atoms with Crippen molar-refractivity contribution in [2.45, 2.75) is 107 Å². The number of ether oxygens (including phenoxy) is 2. The molecule has 3 fully saturated rings. The molecule has 2 heterocycles. The highest BCUT2D eigenvalue weighted by molar-refractivity contribution is 7.90. The van der Waals surface area contributed by atoms with Gasteiger partial charge in [0.1, 0.15) is 17.2 Å². The van der Waals surface area contributed by atoms with Crippen molar-refractivity contribution >= 4 is 27.8 Å². The number of carbonyl (C=O) groups excluding carboxylic acids is 2. The highest BCUT2D eigenvalue weighted by Crippen LogP contribution is 2.45. The summed E-state index contributed by atoms with van der Waals surface area (Å²) in [6.07, 6.45) is 6.12. The molecule has 1 aromatic heterocycles. The van der Waals surface area contributed by atoms with E-state index in [1.54, 1.807) is 32.9 Å². The first-order valence-electron chi connectivity index (χ1n) is 14.8. The van der Waals surface area contributed by atoms with Gasteiger partial charge in [0.25, 0.3) is 15.9 Å². The molecule has 5 rings (SSSR count). The second-order valence-corrected chi connectivity index (χ2v) is 14.9. The molecule has 2 aromatic rings. The maximum Gasteiger partial charge on any atom is 0.408 e. The van der Waals surface area contributed by atoms with Crippen LogP contribution in [0.25, 0.3) is 0 Å². The Labute approximate surface area is 248 Å². The van der Waals surface area contributed by atoms with Gasteiger partial charge in [-0.3, -0.25) is 4.79 Å². The van der Waals surface area contributed by atoms with Crippen LogP contribution >= 0.6 is 0 Å². The average molecular weight is 599 g/mol. The summed E-state index contributed by atoms with van der Waals surface area (Å²) in [6.45, 7) is 10.1. The van der Waals surface area contributed by atoms with E-state index in [2.05, 4.69) is 27.2 Å². The van der Waals surface area contributed by atoms with Gasteiger partial charge in [-0.05, 0) is 82.7 Å². The number of pyridine rings is 1. The third kappa shape index (κ3) is 6.82. The first kappa shape index (κ1) is 30.1. The molecule has 1 saturated heterocycles. The predicted octanol–water partition coefficient (Wildman–Crippen LogP) is 4.96. The first-order chi connectivity index (χ1) is 19.7. The van der Waals surface area contributed by atoms with Crippen molar-refractivity contribution in [1.29, 1.82) is 0 Å². The van der Waals surface area contributed by atoms with E-state index in [-0.39, 0.29) is 5.03 Å². The topological polar surface area (TPSA) is 127 Å². The number of hydrogen-bond donors (Lipinski definition) is 2. The third-order valence-corrected chi connectivity index (χ3v) is 9.29. The number of nitrogens with one attached hydrogen (secondary N) is 2. The molecular weight excluding hydrogens is 556 g/mol. The van der Waals surface area contributed by atoms with Gasteiger partial charge in [-0.15, -0.1) is 0 Å². The summed E-state index contributed by atoms with van der Waals surface area (Å²) in [6, 6.07) is 10.8. The van der Waals surface area contributed by atoms with Crippen LogP contribution in [0.4, 0.5) is 10.6 Å². The van der Waals surface area contributed by atoms with Gasteiger partial charge in [0.05, 0.1) is 5.54 Å². The van der Waals surface area contributed by atoms with Crippen molar-refractivity contribution in [3.63, 3.8) is 0 Å². The van der Waals surface area contributed by atoms with Crippen molar-refractivity contribution in [2.24, 2.45) is 0 Å². The predicted molar refractivity (Wildman–Crippen MR) is 159 cm³/mol. The van der Waals surface area contributed by atoms with E-state index in [0.29, 0.717) is 43.4 Å². The van der Waals surface area contributed by atoms with Crippen LogP contribution in [-0.2, 0) is 19.6 Å². The summed E-state index contributed by atoms with van der Waals surface area (Å²) < 4.78 is 40.5. The zero-order valence-electron chi connectivity index (χ0n) is 25.2. The summed E-state index contributed by atoms with van der Waals surface area (Å²) in [5.74, 6) is 0.812. The summed E-state index contributed by atoms with van der Waals surface area (Å²) in [7, 11) is -4.25. The minimum atomic E-state index is -4.25. The number of rotatable bonds is 8. The van der Waals surface area contributed by atoms with Gasteiger partial charge in [-0.25, -0.2) is 14.5 Å². The maximum atomic E-state index is 13.4. The monoisotopic (exact) mass is 598 g/mol. The molecule has 2 amide bonds. The smallest absolute Gasteiger partial charge is 0.408 e. The van der Waals surface area contributed by atoms with Gasteiger partial charge < -0.3 is 19.7 Å². The largest absolute Gasteiger partial charge is 0.477 e. The SMILES string of the molecule is Cc1ccc(C2CCCCC2)c(OC2(C(=O)NS(=O)(=O)c3cccc(N4CC(C)(NC(=O)OC(C)(C)C)C4)n3)CC2)c1. The summed E-state index contributed by atoms with van der Waals surface area (Å²) in [4.78, 5) is 31.8. The fraction of sp³-hybridized carbons (Fsp3) is 0.581. The molecule has 0 bridgehead atoms. The average Bonchev–Trinajstić information content (AvgIpc) is 3.67. The lowest BCUT2D eigenvalue weighted by atomic mass is 9.83. The molecule has 2 saturated carbocycles. The Bertz CT molecular complexity index is 1450. The number of hydrogen-bond acceptors (Lipinski definition) is 8. The van der Waals surface area contributed by atoms with Crippen LogP contribution in [0.1, 0.15) is 89.7 Å². The van der Waals surface area contributed by atoms with Crippen molar-refractivity contribution in [3.8, 4) is 5.75 Å². The minimum Gasteiger partial charge on any atom is -0.477 e. The quantitative estimate of drug-likeness (QED) is 0.437. The fourth-order valence-electron chi connectivity index (χ4n) is 5.76. The molecule has 42 heavy (non-hydrogen) atoms. The highest BCUT2D eigenvalue weighted by atomic mass is 32.2. The molecule has 0 unspecified atom stereocenters.